The molecular formula is C23H24O8. The summed E-state index contributed by atoms with van der Waals surface area (Å²) in [6, 6.07) is 9.35. The van der Waals surface area contributed by atoms with E-state index in [1.807, 2.05) is 13.8 Å². The lowest BCUT2D eigenvalue weighted by Crippen LogP contribution is -2.23. The molecule has 0 atom stereocenters. The Morgan fingerprint density at radius 3 is 1.19 bits per heavy atom. The highest BCUT2D eigenvalue weighted by atomic mass is 16.6. The number of ether oxygens (including phenoxy) is 4. The number of esters is 4. The largest absolute Gasteiger partial charge is 0.427 e. The minimum Gasteiger partial charge on any atom is -0.427 e. The summed E-state index contributed by atoms with van der Waals surface area (Å²) in [4.78, 5) is 45.9. The van der Waals surface area contributed by atoms with Crippen LogP contribution >= 0.6 is 0 Å². The summed E-state index contributed by atoms with van der Waals surface area (Å²) in [7, 11) is 0. The normalized spacial score (nSPS) is 10.8. The van der Waals surface area contributed by atoms with Crippen molar-refractivity contribution >= 4 is 23.9 Å². The first kappa shape index (κ1) is 23.6. The van der Waals surface area contributed by atoms with Gasteiger partial charge in [-0.2, -0.15) is 0 Å². The molecule has 0 aromatic heterocycles. The van der Waals surface area contributed by atoms with Crippen LogP contribution in [0.25, 0.3) is 0 Å². The Hall–Kier alpha value is -3.68. The van der Waals surface area contributed by atoms with Crippen LogP contribution in [0, 0.1) is 0 Å². The highest BCUT2D eigenvalue weighted by molar-refractivity contribution is 5.74. The fourth-order valence-corrected chi connectivity index (χ4v) is 3.12. The maximum Gasteiger partial charge on any atom is 0.308 e. The lowest BCUT2D eigenvalue weighted by molar-refractivity contribution is -0.133. The number of benzene rings is 2. The van der Waals surface area contributed by atoms with E-state index < -0.39 is 29.3 Å². The number of hydrogen-bond acceptors (Lipinski definition) is 8. The van der Waals surface area contributed by atoms with E-state index in [0.29, 0.717) is 11.1 Å². The Morgan fingerprint density at radius 2 is 0.903 bits per heavy atom. The van der Waals surface area contributed by atoms with Crippen molar-refractivity contribution in [3.8, 4) is 23.0 Å². The summed E-state index contributed by atoms with van der Waals surface area (Å²) >= 11 is 0. The van der Waals surface area contributed by atoms with Crippen LogP contribution in [0.5, 0.6) is 23.0 Å². The summed E-state index contributed by atoms with van der Waals surface area (Å²) in [5.41, 5.74) is 0.318. The van der Waals surface area contributed by atoms with Gasteiger partial charge < -0.3 is 18.9 Å². The molecule has 0 fully saturated rings. The van der Waals surface area contributed by atoms with E-state index in [2.05, 4.69) is 0 Å². The van der Waals surface area contributed by atoms with Crippen LogP contribution in [0.3, 0.4) is 0 Å². The summed E-state index contributed by atoms with van der Waals surface area (Å²) in [5, 5.41) is 0. The molecule has 0 unspecified atom stereocenters. The summed E-state index contributed by atoms with van der Waals surface area (Å²) in [5.74, 6) is -1.33. The second-order valence-electron chi connectivity index (χ2n) is 7.32. The first-order valence-electron chi connectivity index (χ1n) is 9.43. The summed E-state index contributed by atoms with van der Waals surface area (Å²) in [6.07, 6.45) is 0. The molecule has 0 amide bonds. The molecule has 0 N–H and O–H groups in total. The zero-order chi connectivity index (χ0) is 23.3. The molecule has 8 heteroatoms. The number of carbonyl (C=O) groups is 4. The van der Waals surface area contributed by atoms with Crippen LogP contribution < -0.4 is 18.9 Å². The minimum absolute atomic E-state index is 0.189. The second kappa shape index (κ2) is 9.42. The van der Waals surface area contributed by atoms with Gasteiger partial charge in [0.2, 0.25) is 0 Å². The maximum absolute atomic E-state index is 11.7. The van der Waals surface area contributed by atoms with E-state index in [0.717, 1.165) is 0 Å². The lowest BCUT2D eigenvalue weighted by atomic mass is 9.77. The van der Waals surface area contributed by atoms with Gasteiger partial charge in [-0.1, -0.05) is 26.0 Å². The van der Waals surface area contributed by atoms with Crippen LogP contribution in [0.4, 0.5) is 0 Å². The Kier molecular flexibility index (Phi) is 7.17. The van der Waals surface area contributed by atoms with Gasteiger partial charge in [0.05, 0.1) is 0 Å². The molecule has 0 aliphatic rings. The Bertz CT molecular complexity index is 954. The fourth-order valence-electron chi connectivity index (χ4n) is 3.12. The van der Waals surface area contributed by atoms with Gasteiger partial charge in [0.1, 0.15) is 23.0 Å². The molecule has 0 bridgehead atoms. The number of rotatable bonds is 6. The molecule has 0 saturated heterocycles. The van der Waals surface area contributed by atoms with Gasteiger partial charge in [-0.05, 0) is 12.1 Å². The van der Waals surface area contributed by atoms with Crippen LogP contribution in [0.1, 0.15) is 52.7 Å². The fraction of sp³-hybridized carbons (Fsp3) is 0.304. The molecule has 8 nitrogen and oxygen atoms in total. The van der Waals surface area contributed by atoms with Gasteiger partial charge in [-0.3, -0.25) is 19.2 Å². The van der Waals surface area contributed by atoms with Gasteiger partial charge in [0.25, 0.3) is 0 Å². The van der Waals surface area contributed by atoms with Gasteiger partial charge in [0, 0.05) is 56.4 Å². The minimum atomic E-state index is -0.834. The van der Waals surface area contributed by atoms with Crippen LogP contribution in [-0.2, 0) is 24.6 Å². The van der Waals surface area contributed by atoms with Crippen molar-refractivity contribution in [2.24, 2.45) is 0 Å². The molecule has 0 saturated carbocycles. The van der Waals surface area contributed by atoms with Crippen molar-refractivity contribution in [2.75, 3.05) is 0 Å². The van der Waals surface area contributed by atoms with Gasteiger partial charge in [0.15, 0.2) is 0 Å². The monoisotopic (exact) mass is 428 g/mol. The first-order chi connectivity index (χ1) is 14.4. The van der Waals surface area contributed by atoms with Gasteiger partial charge in [-0.25, -0.2) is 0 Å². The predicted molar refractivity (Wildman–Crippen MR) is 110 cm³/mol. The predicted octanol–water partition coefficient (Wildman–Crippen LogP) is 3.71. The molecular weight excluding hydrogens is 404 g/mol. The molecule has 164 valence electrons. The summed E-state index contributed by atoms with van der Waals surface area (Å²) < 4.78 is 20.9. The quantitative estimate of drug-likeness (QED) is 0.506. The standard InChI is InChI=1S/C23H24O8/c1-13(24)28-17-7-9-19(21(11-17)30-15(3)26)23(5,6)20-10-8-18(29-14(2)25)12-22(20)31-16(4)27/h7-12H,1-6H3. The Balaban J connectivity index is 2.63. The molecule has 2 aromatic rings. The molecule has 0 spiro atoms. The Morgan fingerprint density at radius 1 is 0.581 bits per heavy atom. The molecule has 0 radical (unpaired) electrons. The average molecular weight is 428 g/mol. The van der Waals surface area contributed by atoms with Crippen molar-refractivity contribution in [3.05, 3.63) is 47.5 Å². The molecule has 2 aromatic carbocycles. The molecule has 0 heterocycles. The van der Waals surface area contributed by atoms with Crippen LogP contribution in [0.15, 0.2) is 36.4 Å². The highest BCUT2D eigenvalue weighted by Gasteiger charge is 2.31. The third-order valence-electron chi connectivity index (χ3n) is 4.28. The summed E-state index contributed by atoms with van der Waals surface area (Å²) in [6.45, 7) is 8.73. The maximum atomic E-state index is 11.7. The van der Waals surface area contributed by atoms with Crippen molar-refractivity contribution < 1.29 is 38.1 Å². The van der Waals surface area contributed by atoms with E-state index in [1.165, 1.54) is 39.8 Å². The van der Waals surface area contributed by atoms with E-state index >= 15 is 0 Å². The van der Waals surface area contributed by atoms with Gasteiger partial charge >= 0.3 is 23.9 Å². The third-order valence-corrected chi connectivity index (χ3v) is 4.28. The van der Waals surface area contributed by atoms with Crippen LogP contribution in [-0.4, -0.2) is 23.9 Å². The Labute approximate surface area is 180 Å². The molecule has 2 rings (SSSR count). The van der Waals surface area contributed by atoms with E-state index in [4.69, 9.17) is 18.9 Å². The third kappa shape index (κ3) is 6.15. The molecule has 0 aliphatic heterocycles. The van der Waals surface area contributed by atoms with Crippen molar-refractivity contribution in [1.29, 1.82) is 0 Å². The molecule has 31 heavy (non-hydrogen) atoms. The van der Waals surface area contributed by atoms with Crippen LogP contribution in [0.2, 0.25) is 0 Å². The second-order valence-corrected chi connectivity index (χ2v) is 7.32. The smallest absolute Gasteiger partial charge is 0.308 e. The zero-order valence-corrected chi connectivity index (χ0v) is 18.2. The van der Waals surface area contributed by atoms with Gasteiger partial charge in [-0.15, -0.1) is 0 Å². The van der Waals surface area contributed by atoms with E-state index in [-0.39, 0.29) is 23.0 Å². The molecule has 0 aliphatic carbocycles. The average Bonchev–Trinajstić information content (AvgIpc) is 2.59. The lowest BCUT2D eigenvalue weighted by Gasteiger charge is -2.29. The first-order valence-corrected chi connectivity index (χ1v) is 9.43. The van der Waals surface area contributed by atoms with E-state index in [9.17, 15) is 19.2 Å². The van der Waals surface area contributed by atoms with Crippen molar-refractivity contribution in [3.63, 3.8) is 0 Å². The van der Waals surface area contributed by atoms with Crippen molar-refractivity contribution in [1.82, 2.24) is 0 Å². The SMILES string of the molecule is CC(=O)Oc1ccc(C(C)(C)c2ccc(OC(C)=O)cc2OC(C)=O)c(OC(C)=O)c1. The highest BCUT2D eigenvalue weighted by Crippen LogP contribution is 2.43. The zero-order valence-electron chi connectivity index (χ0n) is 18.2. The van der Waals surface area contributed by atoms with Crippen molar-refractivity contribution in [2.45, 2.75) is 47.0 Å². The number of hydrogen-bond donors (Lipinski definition) is 0. The number of carbonyl (C=O) groups excluding carboxylic acids is 4. The topological polar surface area (TPSA) is 105 Å². The van der Waals surface area contributed by atoms with E-state index in [1.54, 1.807) is 24.3 Å².